The summed E-state index contributed by atoms with van der Waals surface area (Å²) in [5.74, 6) is 1.24. The van der Waals surface area contributed by atoms with Gasteiger partial charge in [0.15, 0.2) is 0 Å². The van der Waals surface area contributed by atoms with E-state index < -0.39 is 0 Å². The van der Waals surface area contributed by atoms with E-state index in [1.54, 1.807) is 7.11 Å². The van der Waals surface area contributed by atoms with Gasteiger partial charge < -0.3 is 15.2 Å². The summed E-state index contributed by atoms with van der Waals surface area (Å²) in [4.78, 5) is 0. The van der Waals surface area contributed by atoms with E-state index in [0.717, 1.165) is 36.0 Å². The molecule has 18 heavy (non-hydrogen) atoms. The highest BCUT2D eigenvalue weighted by molar-refractivity contribution is 6.31. The molecule has 0 amide bonds. The summed E-state index contributed by atoms with van der Waals surface area (Å²) >= 11 is 6.38. The molecule has 2 N–H and O–H groups in total. The Balaban J connectivity index is 2.32. The summed E-state index contributed by atoms with van der Waals surface area (Å²) in [7, 11) is 1.64. The highest BCUT2D eigenvalue weighted by Crippen LogP contribution is 2.44. The molecule has 0 bridgehead atoms. The first-order chi connectivity index (χ1) is 8.64. The standard InChI is InChI=1S/C14H20ClNO2/c1-10(5-6-16)14(8-18-9-14)12-4-3-11(17-2)7-13(12)15/h3-4,7,10H,5-6,8-9,16H2,1-2H3. The van der Waals surface area contributed by atoms with Gasteiger partial charge in [0, 0.05) is 10.4 Å². The summed E-state index contributed by atoms with van der Waals surface area (Å²) < 4.78 is 10.6. The average molecular weight is 270 g/mol. The van der Waals surface area contributed by atoms with Crippen LogP contribution < -0.4 is 10.5 Å². The first kappa shape index (κ1) is 13.7. The van der Waals surface area contributed by atoms with Crippen molar-refractivity contribution in [2.75, 3.05) is 26.9 Å². The average Bonchev–Trinajstić information content (AvgIpc) is 2.30. The van der Waals surface area contributed by atoms with Crippen molar-refractivity contribution in [3.63, 3.8) is 0 Å². The molecule has 0 radical (unpaired) electrons. The van der Waals surface area contributed by atoms with Crippen LogP contribution in [0.3, 0.4) is 0 Å². The Labute approximate surface area is 113 Å². The van der Waals surface area contributed by atoms with Gasteiger partial charge >= 0.3 is 0 Å². The molecule has 0 saturated carbocycles. The number of ether oxygens (including phenoxy) is 2. The zero-order valence-corrected chi connectivity index (χ0v) is 11.7. The quantitative estimate of drug-likeness (QED) is 0.894. The second kappa shape index (κ2) is 5.47. The van der Waals surface area contributed by atoms with Crippen LogP contribution in [0.5, 0.6) is 5.75 Å². The lowest BCUT2D eigenvalue weighted by atomic mass is 9.68. The lowest BCUT2D eigenvalue weighted by Crippen LogP contribution is -2.52. The van der Waals surface area contributed by atoms with Crippen molar-refractivity contribution in [2.45, 2.75) is 18.8 Å². The van der Waals surface area contributed by atoms with E-state index >= 15 is 0 Å². The van der Waals surface area contributed by atoms with Crippen molar-refractivity contribution < 1.29 is 9.47 Å². The van der Waals surface area contributed by atoms with Crippen LogP contribution in [0.25, 0.3) is 0 Å². The fourth-order valence-corrected chi connectivity index (χ4v) is 2.94. The minimum Gasteiger partial charge on any atom is -0.497 e. The molecule has 1 heterocycles. The zero-order valence-electron chi connectivity index (χ0n) is 10.9. The van der Waals surface area contributed by atoms with E-state index in [9.17, 15) is 0 Å². The van der Waals surface area contributed by atoms with E-state index in [0.29, 0.717) is 12.5 Å². The Hall–Kier alpha value is -0.770. The number of rotatable bonds is 5. The van der Waals surface area contributed by atoms with Gasteiger partial charge in [0.1, 0.15) is 5.75 Å². The monoisotopic (exact) mass is 269 g/mol. The van der Waals surface area contributed by atoms with Crippen LogP contribution in [0.1, 0.15) is 18.9 Å². The molecule has 1 aromatic carbocycles. The Morgan fingerprint density at radius 2 is 2.22 bits per heavy atom. The number of halogens is 1. The summed E-state index contributed by atoms with van der Waals surface area (Å²) in [6, 6.07) is 5.87. The number of hydrogen-bond donors (Lipinski definition) is 1. The van der Waals surface area contributed by atoms with Crippen molar-refractivity contribution in [3.05, 3.63) is 28.8 Å². The maximum atomic E-state index is 6.38. The van der Waals surface area contributed by atoms with Gasteiger partial charge in [0.2, 0.25) is 0 Å². The van der Waals surface area contributed by atoms with Gasteiger partial charge in [0.25, 0.3) is 0 Å². The molecule has 100 valence electrons. The van der Waals surface area contributed by atoms with Crippen LogP contribution >= 0.6 is 11.6 Å². The fraction of sp³-hybridized carbons (Fsp3) is 0.571. The molecule has 4 heteroatoms. The maximum absolute atomic E-state index is 6.38. The van der Waals surface area contributed by atoms with E-state index in [1.807, 2.05) is 12.1 Å². The lowest BCUT2D eigenvalue weighted by Gasteiger charge is -2.47. The topological polar surface area (TPSA) is 44.5 Å². The third-order valence-electron chi connectivity index (χ3n) is 3.97. The van der Waals surface area contributed by atoms with Crippen molar-refractivity contribution in [1.29, 1.82) is 0 Å². The molecule has 1 unspecified atom stereocenters. The van der Waals surface area contributed by atoms with Gasteiger partial charge in [-0.1, -0.05) is 24.6 Å². The number of methoxy groups -OCH3 is 1. The maximum Gasteiger partial charge on any atom is 0.120 e. The Kier molecular flexibility index (Phi) is 4.15. The van der Waals surface area contributed by atoms with Gasteiger partial charge in [-0.05, 0) is 36.6 Å². The molecule has 3 nitrogen and oxygen atoms in total. The zero-order chi connectivity index (χ0) is 13.2. The molecule has 1 saturated heterocycles. The van der Waals surface area contributed by atoms with Crippen LogP contribution in [0.15, 0.2) is 18.2 Å². The summed E-state index contributed by atoms with van der Waals surface area (Å²) in [6.07, 6.45) is 0.978. The van der Waals surface area contributed by atoms with Crippen LogP contribution in [-0.2, 0) is 10.2 Å². The Bertz CT molecular complexity index is 418. The minimum atomic E-state index is 0.0166. The fourth-order valence-electron chi connectivity index (χ4n) is 2.58. The molecule has 2 rings (SSSR count). The molecular formula is C14H20ClNO2. The third-order valence-corrected chi connectivity index (χ3v) is 4.29. The van der Waals surface area contributed by atoms with Gasteiger partial charge in [0.05, 0.1) is 20.3 Å². The number of nitrogens with two attached hydrogens (primary N) is 1. The molecule has 0 aromatic heterocycles. The summed E-state index contributed by atoms with van der Waals surface area (Å²) in [5.41, 5.74) is 6.84. The van der Waals surface area contributed by atoms with E-state index in [1.165, 1.54) is 0 Å². The largest absolute Gasteiger partial charge is 0.497 e. The smallest absolute Gasteiger partial charge is 0.120 e. The van der Waals surface area contributed by atoms with Crippen LogP contribution in [0.2, 0.25) is 5.02 Å². The van der Waals surface area contributed by atoms with E-state index in [4.69, 9.17) is 26.8 Å². The van der Waals surface area contributed by atoms with Crippen LogP contribution in [-0.4, -0.2) is 26.9 Å². The Morgan fingerprint density at radius 1 is 1.50 bits per heavy atom. The molecule has 0 aliphatic carbocycles. The molecule has 1 aliphatic heterocycles. The third kappa shape index (κ3) is 2.22. The molecule has 0 spiro atoms. The van der Waals surface area contributed by atoms with Gasteiger partial charge in [-0.15, -0.1) is 0 Å². The van der Waals surface area contributed by atoms with E-state index in [2.05, 4.69) is 13.0 Å². The Morgan fingerprint density at radius 3 is 2.67 bits per heavy atom. The highest BCUT2D eigenvalue weighted by Gasteiger charge is 2.45. The van der Waals surface area contributed by atoms with Crippen LogP contribution in [0, 0.1) is 5.92 Å². The van der Waals surface area contributed by atoms with Crippen molar-refractivity contribution >= 4 is 11.6 Å². The van der Waals surface area contributed by atoms with Gasteiger partial charge in [-0.3, -0.25) is 0 Å². The number of hydrogen-bond acceptors (Lipinski definition) is 3. The second-order valence-electron chi connectivity index (χ2n) is 4.97. The molecule has 1 aliphatic rings. The molecule has 1 aromatic rings. The number of benzene rings is 1. The normalized spacial score (nSPS) is 19.1. The van der Waals surface area contributed by atoms with Crippen molar-refractivity contribution in [3.8, 4) is 5.75 Å². The lowest BCUT2D eigenvalue weighted by molar-refractivity contribution is -0.0882. The first-order valence-electron chi connectivity index (χ1n) is 6.26. The predicted octanol–water partition coefficient (Wildman–Crippen LogP) is 2.60. The highest BCUT2D eigenvalue weighted by atomic mass is 35.5. The molecule has 1 atom stereocenters. The molecular weight excluding hydrogens is 250 g/mol. The van der Waals surface area contributed by atoms with Crippen LogP contribution in [0.4, 0.5) is 0 Å². The van der Waals surface area contributed by atoms with Crippen molar-refractivity contribution in [1.82, 2.24) is 0 Å². The van der Waals surface area contributed by atoms with Gasteiger partial charge in [-0.25, -0.2) is 0 Å². The predicted molar refractivity (Wildman–Crippen MR) is 73.3 cm³/mol. The van der Waals surface area contributed by atoms with Crippen molar-refractivity contribution in [2.24, 2.45) is 11.7 Å². The minimum absolute atomic E-state index is 0.0166. The molecule has 1 fully saturated rings. The first-order valence-corrected chi connectivity index (χ1v) is 6.63. The van der Waals surface area contributed by atoms with Gasteiger partial charge in [-0.2, -0.15) is 0 Å². The SMILES string of the molecule is COc1ccc(C2(C(C)CCN)COC2)c(Cl)c1. The summed E-state index contributed by atoms with van der Waals surface area (Å²) in [5, 5.41) is 0.751. The van der Waals surface area contributed by atoms with E-state index in [-0.39, 0.29) is 5.41 Å². The second-order valence-corrected chi connectivity index (χ2v) is 5.38. The summed E-state index contributed by atoms with van der Waals surface area (Å²) in [6.45, 7) is 4.35.